The van der Waals surface area contributed by atoms with Crippen LogP contribution in [0, 0.1) is 5.92 Å². The number of carbonyl (C=O) groups is 2. The number of nitrogens with one attached hydrogen (secondary N) is 2. The third kappa shape index (κ3) is 6.82. The van der Waals surface area contributed by atoms with Crippen molar-refractivity contribution in [2.24, 2.45) is 5.92 Å². The molecular weight excluding hydrogens is 430 g/mol. The van der Waals surface area contributed by atoms with Gasteiger partial charge < -0.3 is 15.4 Å². The predicted molar refractivity (Wildman–Crippen MR) is 125 cm³/mol. The number of rotatable bonds is 7. The number of Topliss-reactive ketones (excluding diaryl/α,β-unsaturated/α-hetero) is 1. The highest BCUT2D eigenvalue weighted by molar-refractivity contribution is 6.33. The summed E-state index contributed by atoms with van der Waals surface area (Å²) in [6.07, 6.45) is 4.00. The molecule has 172 valence electrons. The molecule has 0 bridgehead atoms. The number of likely N-dealkylation sites (tertiary alicyclic amines) is 1. The largest absolute Gasteiger partial charge is 0.444 e. The maximum atomic E-state index is 13.2. The molecule has 2 heterocycles. The van der Waals surface area contributed by atoms with Crippen LogP contribution >= 0.6 is 11.6 Å². The molecule has 2 N–H and O–H groups in total. The van der Waals surface area contributed by atoms with Crippen molar-refractivity contribution in [3.05, 3.63) is 47.9 Å². The molecule has 9 heteroatoms. The number of piperidine rings is 1. The lowest BCUT2D eigenvalue weighted by atomic mass is 9.88. The van der Waals surface area contributed by atoms with E-state index in [-0.39, 0.29) is 18.2 Å². The Morgan fingerprint density at radius 1 is 1.22 bits per heavy atom. The summed E-state index contributed by atoms with van der Waals surface area (Å²) in [5.41, 5.74) is 0.0513. The van der Waals surface area contributed by atoms with Crippen LogP contribution < -0.4 is 10.6 Å². The van der Waals surface area contributed by atoms with Crippen LogP contribution in [0.25, 0.3) is 0 Å². The molecule has 1 fully saturated rings. The first-order valence-electron chi connectivity index (χ1n) is 10.7. The Hall–Kier alpha value is -2.87. The van der Waals surface area contributed by atoms with Crippen LogP contribution in [0.5, 0.6) is 0 Å². The van der Waals surface area contributed by atoms with Crippen LogP contribution in [-0.4, -0.2) is 58.0 Å². The summed E-state index contributed by atoms with van der Waals surface area (Å²) in [7, 11) is 0. The van der Waals surface area contributed by atoms with E-state index in [1.165, 1.54) is 6.33 Å². The molecular formula is C23H30ClN5O3. The number of halogens is 1. The molecule has 2 atom stereocenters. The molecule has 2 unspecified atom stereocenters. The lowest BCUT2D eigenvalue weighted by Crippen LogP contribution is -2.53. The van der Waals surface area contributed by atoms with Crippen molar-refractivity contribution in [1.29, 1.82) is 0 Å². The second kappa shape index (κ2) is 10.6. The summed E-state index contributed by atoms with van der Waals surface area (Å²) >= 11 is 6.19. The number of benzene rings is 1. The van der Waals surface area contributed by atoms with Crippen molar-refractivity contribution >= 4 is 35.0 Å². The fraction of sp³-hybridized carbons (Fsp3) is 0.478. The van der Waals surface area contributed by atoms with Crippen molar-refractivity contribution in [3.8, 4) is 0 Å². The monoisotopic (exact) mass is 459 g/mol. The topological polar surface area (TPSA) is 96.4 Å². The number of anilines is 2. The van der Waals surface area contributed by atoms with E-state index in [0.717, 1.165) is 12.2 Å². The highest BCUT2D eigenvalue weighted by Crippen LogP contribution is 2.27. The molecule has 1 aromatic heterocycles. The van der Waals surface area contributed by atoms with Gasteiger partial charge in [-0.05, 0) is 57.7 Å². The third-order valence-corrected chi connectivity index (χ3v) is 5.52. The van der Waals surface area contributed by atoms with E-state index in [2.05, 4.69) is 20.6 Å². The predicted octanol–water partition coefficient (Wildman–Crippen LogP) is 4.24. The molecule has 32 heavy (non-hydrogen) atoms. The lowest BCUT2D eigenvalue weighted by molar-refractivity contribution is -0.124. The quantitative estimate of drug-likeness (QED) is 0.639. The van der Waals surface area contributed by atoms with Crippen molar-refractivity contribution in [2.75, 3.05) is 30.3 Å². The second-order valence-electron chi connectivity index (χ2n) is 8.86. The van der Waals surface area contributed by atoms with Gasteiger partial charge in [-0.3, -0.25) is 9.69 Å². The van der Waals surface area contributed by atoms with E-state index in [4.69, 9.17) is 16.3 Å². The third-order valence-electron chi connectivity index (χ3n) is 5.19. The van der Waals surface area contributed by atoms with Crippen molar-refractivity contribution in [1.82, 2.24) is 14.9 Å². The van der Waals surface area contributed by atoms with Gasteiger partial charge in [-0.25, -0.2) is 14.8 Å². The van der Waals surface area contributed by atoms with Crippen molar-refractivity contribution in [2.45, 2.75) is 45.3 Å². The zero-order valence-electron chi connectivity index (χ0n) is 18.7. The first-order valence-corrected chi connectivity index (χ1v) is 11.1. The molecule has 1 amide bonds. The number of hydrogen-bond acceptors (Lipinski definition) is 7. The van der Waals surface area contributed by atoms with Crippen LogP contribution in [0.15, 0.2) is 42.9 Å². The highest BCUT2D eigenvalue weighted by atomic mass is 35.5. The van der Waals surface area contributed by atoms with E-state index in [1.54, 1.807) is 23.2 Å². The molecule has 1 aromatic carbocycles. The fourth-order valence-electron chi connectivity index (χ4n) is 3.62. The van der Waals surface area contributed by atoms with Crippen LogP contribution in [0.3, 0.4) is 0 Å². The maximum absolute atomic E-state index is 13.2. The van der Waals surface area contributed by atoms with E-state index in [1.807, 2.05) is 39.0 Å². The van der Waals surface area contributed by atoms with Gasteiger partial charge in [0.15, 0.2) is 5.78 Å². The van der Waals surface area contributed by atoms with Crippen LogP contribution in [0.1, 0.15) is 33.6 Å². The number of ketones is 1. The SMILES string of the molecule is CC(C)(C)OC(=O)N1CCC(CNc2ccncn2)CC1C(=O)CNc1ccccc1Cl. The van der Waals surface area contributed by atoms with Gasteiger partial charge >= 0.3 is 6.09 Å². The molecule has 3 rings (SSSR count). The molecule has 1 aliphatic rings. The minimum atomic E-state index is -0.633. The first kappa shape index (κ1) is 23.8. The Morgan fingerprint density at radius 3 is 2.69 bits per heavy atom. The van der Waals surface area contributed by atoms with Gasteiger partial charge in [0.2, 0.25) is 0 Å². The Bertz CT molecular complexity index is 919. The molecule has 0 aliphatic carbocycles. The summed E-state index contributed by atoms with van der Waals surface area (Å²) in [4.78, 5) is 35.7. The van der Waals surface area contributed by atoms with Crippen molar-refractivity contribution < 1.29 is 14.3 Å². The number of amides is 1. The molecule has 1 saturated heterocycles. The van der Waals surface area contributed by atoms with E-state index in [0.29, 0.717) is 30.2 Å². The summed E-state index contributed by atoms with van der Waals surface area (Å²) < 4.78 is 5.56. The number of aromatic nitrogens is 2. The van der Waals surface area contributed by atoms with Gasteiger partial charge in [-0.15, -0.1) is 0 Å². The van der Waals surface area contributed by atoms with Crippen molar-refractivity contribution in [3.63, 3.8) is 0 Å². The second-order valence-corrected chi connectivity index (χ2v) is 9.26. The molecule has 8 nitrogen and oxygen atoms in total. The van der Waals surface area contributed by atoms with Gasteiger partial charge in [-0.2, -0.15) is 0 Å². The van der Waals surface area contributed by atoms with Gasteiger partial charge in [0.25, 0.3) is 0 Å². The van der Waals surface area contributed by atoms with Crippen LogP contribution in [0.2, 0.25) is 5.02 Å². The Labute approximate surface area is 193 Å². The number of carbonyl (C=O) groups excluding carboxylic acids is 2. The molecule has 0 saturated carbocycles. The minimum absolute atomic E-state index is 0.0692. The average Bonchev–Trinajstić information content (AvgIpc) is 2.76. The molecule has 0 spiro atoms. The number of ether oxygens (including phenoxy) is 1. The summed E-state index contributed by atoms with van der Waals surface area (Å²) in [5.74, 6) is 0.860. The van der Waals surface area contributed by atoms with E-state index >= 15 is 0 Å². The smallest absolute Gasteiger partial charge is 0.410 e. The zero-order chi connectivity index (χ0) is 23.1. The molecule has 1 aliphatic heterocycles. The molecule has 2 aromatic rings. The summed E-state index contributed by atoms with van der Waals surface area (Å²) in [6.45, 7) is 6.63. The summed E-state index contributed by atoms with van der Waals surface area (Å²) in [5, 5.41) is 6.93. The van der Waals surface area contributed by atoms with Gasteiger partial charge in [0, 0.05) is 19.3 Å². The molecule has 0 radical (unpaired) electrons. The highest BCUT2D eigenvalue weighted by Gasteiger charge is 2.37. The van der Waals surface area contributed by atoms with Gasteiger partial charge in [0.05, 0.1) is 23.3 Å². The fourth-order valence-corrected chi connectivity index (χ4v) is 3.82. The maximum Gasteiger partial charge on any atom is 0.410 e. The van der Waals surface area contributed by atoms with Gasteiger partial charge in [0.1, 0.15) is 17.7 Å². The normalized spacial score (nSPS) is 18.7. The zero-order valence-corrected chi connectivity index (χ0v) is 19.4. The van der Waals surface area contributed by atoms with Crippen LogP contribution in [-0.2, 0) is 9.53 Å². The minimum Gasteiger partial charge on any atom is -0.444 e. The number of para-hydroxylation sites is 1. The summed E-state index contributed by atoms with van der Waals surface area (Å²) in [6, 6.07) is 8.47. The Balaban J connectivity index is 1.67. The Kier molecular flexibility index (Phi) is 7.90. The first-order chi connectivity index (χ1) is 15.2. The Morgan fingerprint density at radius 2 is 2.00 bits per heavy atom. The lowest BCUT2D eigenvalue weighted by Gasteiger charge is -2.39. The number of hydrogen-bond donors (Lipinski definition) is 2. The standard InChI is InChI=1S/C23H30ClN5O3/c1-23(2,3)32-22(31)29-11-9-16(13-27-21-8-10-25-15-28-21)12-19(29)20(30)14-26-18-7-5-4-6-17(18)24/h4-8,10,15-16,19,26H,9,11-14H2,1-3H3,(H,25,27,28). The van der Waals surface area contributed by atoms with E-state index in [9.17, 15) is 9.59 Å². The average molecular weight is 460 g/mol. The number of nitrogens with zero attached hydrogens (tertiary/aromatic N) is 3. The van der Waals surface area contributed by atoms with Gasteiger partial charge in [-0.1, -0.05) is 23.7 Å². The van der Waals surface area contributed by atoms with E-state index < -0.39 is 17.7 Å². The van der Waals surface area contributed by atoms with Crippen LogP contribution in [0.4, 0.5) is 16.3 Å².